The summed E-state index contributed by atoms with van der Waals surface area (Å²) in [6, 6.07) is 0. The van der Waals surface area contributed by atoms with Crippen LogP contribution in [0.4, 0.5) is 0 Å². The van der Waals surface area contributed by atoms with Gasteiger partial charge in [-0.1, -0.05) is 39.0 Å². The van der Waals surface area contributed by atoms with Crippen LogP contribution in [0.1, 0.15) is 52.4 Å². The second-order valence-corrected chi connectivity index (χ2v) is 6.22. The lowest BCUT2D eigenvalue weighted by molar-refractivity contribution is -0.171. The Kier molecular flexibility index (Phi) is 9.34. The molecular weight excluding hydrogens is 340 g/mol. The molecule has 0 radical (unpaired) electrons. The van der Waals surface area contributed by atoms with Crippen molar-refractivity contribution in [2.45, 2.75) is 58.5 Å². The SMILES string of the molecule is CCCCCCCC1OC/C(=C\C(=O)OCC)C1(C(=O)OC)C(=O)OC. The van der Waals surface area contributed by atoms with Gasteiger partial charge in [0.1, 0.15) is 0 Å². The number of hydrogen-bond acceptors (Lipinski definition) is 7. The zero-order valence-corrected chi connectivity index (χ0v) is 16.2. The summed E-state index contributed by atoms with van der Waals surface area (Å²) < 4.78 is 20.4. The van der Waals surface area contributed by atoms with Gasteiger partial charge in [-0.25, -0.2) is 4.79 Å². The summed E-state index contributed by atoms with van der Waals surface area (Å²) in [6.07, 6.45) is 6.03. The number of ether oxygens (including phenoxy) is 4. The van der Waals surface area contributed by atoms with E-state index in [1.54, 1.807) is 6.92 Å². The number of carbonyl (C=O) groups excluding carboxylic acids is 3. The van der Waals surface area contributed by atoms with Gasteiger partial charge >= 0.3 is 17.9 Å². The van der Waals surface area contributed by atoms with Crippen molar-refractivity contribution in [3.63, 3.8) is 0 Å². The first-order chi connectivity index (χ1) is 12.5. The van der Waals surface area contributed by atoms with Gasteiger partial charge in [-0.05, 0) is 18.9 Å². The molecule has 0 aromatic heterocycles. The molecule has 1 aliphatic heterocycles. The highest BCUT2D eigenvalue weighted by Crippen LogP contribution is 2.44. The van der Waals surface area contributed by atoms with E-state index in [9.17, 15) is 14.4 Å². The van der Waals surface area contributed by atoms with Crippen molar-refractivity contribution >= 4 is 17.9 Å². The molecular formula is C19H30O7. The van der Waals surface area contributed by atoms with Crippen molar-refractivity contribution in [1.82, 2.24) is 0 Å². The minimum atomic E-state index is -1.76. The molecule has 1 rings (SSSR count). The molecule has 0 bridgehead atoms. The lowest BCUT2D eigenvalue weighted by atomic mass is 9.75. The van der Waals surface area contributed by atoms with E-state index in [0.717, 1.165) is 38.2 Å². The molecule has 1 atom stereocenters. The number of esters is 3. The van der Waals surface area contributed by atoms with Gasteiger partial charge in [0, 0.05) is 6.08 Å². The normalized spacial score (nSPS) is 20.0. The zero-order chi connectivity index (χ0) is 19.6. The largest absolute Gasteiger partial charge is 0.468 e. The van der Waals surface area contributed by atoms with Gasteiger partial charge < -0.3 is 18.9 Å². The summed E-state index contributed by atoms with van der Waals surface area (Å²) >= 11 is 0. The maximum Gasteiger partial charge on any atom is 0.330 e. The Morgan fingerprint density at radius 3 is 2.23 bits per heavy atom. The van der Waals surface area contributed by atoms with E-state index in [1.165, 1.54) is 14.2 Å². The smallest absolute Gasteiger partial charge is 0.330 e. The first-order valence-corrected chi connectivity index (χ1v) is 9.15. The maximum absolute atomic E-state index is 12.6. The Labute approximate surface area is 155 Å². The maximum atomic E-state index is 12.6. The van der Waals surface area contributed by atoms with Gasteiger partial charge in [0.25, 0.3) is 0 Å². The minimum absolute atomic E-state index is 0.0252. The molecule has 0 aromatic carbocycles. The Morgan fingerprint density at radius 1 is 1.08 bits per heavy atom. The molecule has 26 heavy (non-hydrogen) atoms. The van der Waals surface area contributed by atoms with Crippen LogP contribution in [0, 0.1) is 5.41 Å². The molecule has 1 aliphatic rings. The molecule has 1 heterocycles. The Morgan fingerprint density at radius 2 is 1.69 bits per heavy atom. The summed E-state index contributed by atoms with van der Waals surface area (Å²) in [7, 11) is 2.40. The van der Waals surface area contributed by atoms with Gasteiger partial charge in [-0.15, -0.1) is 0 Å². The molecule has 0 N–H and O–H groups in total. The standard InChI is InChI=1S/C19H30O7/c1-5-7-8-9-10-11-15-19(17(21)23-3,18(22)24-4)14(13-26-15)12-16(20)25-6-2/h12,15H,5-11,13H2,1-4H3/b14-12+. The third-order valence-electron chi connectivity index (χ3n) is 4.59. The Bertz CT molecular complexity index is 508. The predicted molar refractivity (Wildman–Crippen MR) is 94.3 cm³/mol. The number of methoxy groups -OCH3 is 2. The molecule has 1 unspecified atom stereocenters. The summed E-state index contributed by atoms with van der Waals surface area (Å²) in [4.78, 5) is 37.2. The van der Waals surface area contributed by atoms with E-state index in [4.69, 9.17) is 18.9 Å². The van der Waals surface area contributed by atoms with Crippen LogP contribution in [0.2, 0.25) is 0 Å². The summed E-state index contributed by atoms with van der Waals surface area (Å²) in [5.41, 5.74) is -1.55. The zero-order valence-electron chi connectivity index (χ0n) is 16.2. The van der Waals surface area contributed by atoms with Crippen LogP contribution in [0.25, 0.3) is 0 Å². The Hall–Kier alpha value is -1.89. The second kappa shape index (κ2) is 11.0. The fourth-order valence-corrected chi connectivity index (χ4v) is 3.28. The van der Waals surface area contributed by atoms with Crippen LogP contribution in [0.3, 0.4) is 0 Å². The van der Waals surface area contributed by atoms with Crippen LogP contribution in [0.5, 0.6) is 0 Å². The highest BCUT2D eigenvalue weighted by atomic mass is 16.6. The van der Waals surface area contributed by atoms with Crippen LogP contribution in [-0.2, 0) is 33.3 Å². The minimum Gasteiger partial charge on any atom is -0.468 e. The predicted octanol–water partition coefficient (Wildman–Crippen LogP) is 2.57. The molecule has 0 amide bonds. The molecule has 7 heteroatoms. The molecule has 0 saturated carbocycles. The van der Waals surface area contributed by atoms with Crippen molar-refractivity contribution in [3.8, 4) is 0 Å². The van der Waals surface area contributed by atoms with E-state index < -0.39 is 29.4 Å². The van der Waals surface area contributed by atoms with Crippen molar-refractivity contribution < 1.29 is 33.3 Å². The molecule has 148 valence electrons. The van der Waals surface area contributed by atoms with Crippen LogP contribution in [0.15, 0.2) is 11.6 Å². The summed E-state index contributed by atoms with van der Waals surface area (Å²) in [5, 5.41) is 0. The Balaban J connectivity index is 3.13. The lowest BCUT2D eigenvalue weighted by Gasteiger charge is -2.29. The van der Waals surface area contributed by atoms with Crippen LogP contribution < -0.4 is 0 Å². The van der Waals surface area contributed by atoms with Crippen LogP contribution in [-0.4, -0.2) is 51.4 Å². The van der Waals surface area contributed by atoms with E-state index in [-0.39, 0.29) is 18.8 Å². The van der Waals surface area contributed by atoms with Gasteiger partial charge in [0.2, 0.25) is 5.41 Å². The molecule has 0 aromatic rings. The van der Waals surface area contributed by atoms with Crippen molar-refractivity contribution in [3.05, 3.63) is 11.6 Å². The fourth-order valence-electron chi connectivity index (χ4n) is 3.28. The van der Waals surface area contributed by atoms with Crippen LogP contribution >= 0.6 is 0 Å². The number of unbranched alkanes of at least 4 members (excludes halogenated alkanes) is 4. The van der Waals surface area contributed by atoms with Gasteiger partial charge in [-0.3, -0.25) is 9.59 Å². The fraction of sp³-hybridized carbons (Fsp3) is 0.737. The number of rotatable bonds is 10. The average molecular weight is 370 g/mol. The summed E-state index contributed by atoms with van der Waals surface area (Å²) in [5.74, 6) is -2.20. The first-order valence-electron chi connectivity index (χ1n) is 9.15. The third kappa shape index (κ3) is 4.84. The third-order valence-corrected chi connectivity index (χ3v) is 4.59. The second-order valence-electron chi connectivity index (χ2n) is 6.22. The van der Waals surface area contributed by atoms with E-state index >= 15 is 0 Å². The highest BCUT2D eigenvalue weighted by molar-refractivity contribution is 6.06. The summed E-state index contributed by atoms with van der Waals surface area (Å²) in [6.45, 7) is 3.97. The van der Waals surface area contributed by atoms with E-state index in [0.29, 0.717) is 6.42 Å². The van der Waals surface area contributed by atoms with Gasteiger partial charge in [0.15, 0.2) is 0 Å². The van der Waals surface area contributed by atoms with E-state index in [2.05, 4.69) is 6.92 Å². The van der Waals surface area contributed by atoms with Crippen molar-refractivity contribution in [2.75, 3.05) is 27.4 Å². The van der Waals surface area contributed by atoms with Gasteiger partial charge in [0.05, 0.1) is 33.5 Å². The lowest BCUT2D eigenvalue weighted by Crippen LogP contribution is -2.48. The quantitative estimate of drug-likeness (QED) is 0.192. The molecule has 0 spiro atoms. The average Bonchev–Trinajstić information content (AvgIpc) is 2.99. The van der Waals surface area contributed by atoms with E-state index in [1.807, 2.05) is 0 Å². The molecule has 1 fully saturated rings. The van der Waals surface area contributed by atoms with Crippen molar-refractivity contribution in [2.24, 2.45) is 5.41 Å². The van der Waals surface area contributed by atoms with Gasteiger partial charge in [-0.2, -0.15) is 0 Å². The molecule has 7 nitrogen and oxygen atoms in total. The number of hydrogen-bond donors (Lipinski definition) is 0. The highest BCUT2D eigenvalue weighted by Gasteiger charge is 2.61. The topological polar surface area (TPSA) is 88.1 Å². The molecule has 1 saturated heterocycles. The monoisotopic (exact) mass is 370 g/mol. The van der Waals surface area contributed by atoms with Crippen molar-refractivity contribution in [1.29, 1.82) is 0 Å². The first kappa shape index (κ1) is 22.2. The number of carbonyl (C=O) groups is 3. The molecule has 0 aliphatic carbocycles.